The predicted molar refractivity (Wildman–Crippen MR) is 118 cm³/mol. The summed E-state index contributed by atoms with van der Waals surface area (Å²) in [5.41, 5.74) is 4.03. The van der Waals surface area contributed by atoms with Crippen LogP contribution in [0.3, 0.4) is 0 Å². The van der Waals surface area contributed by atoms with Crippen LogP contribution in [-0.4, -0.2) is 25.4 Å². The molecule has 31 heavy (non-hydrogen) atoms. The van der Waals surface area contributed by atoms with Crippen molar-refractivity contribution in [1.29, 1.82) is 0 Å². The molecular weight excluding hydrogens is 392 g/mol. The fourth-order valence-corrected chi connectivity index (χ4v) is 3.63. The Labute approximate surface area is 184 Å². The summed E-state index contributed by atoms with van der Waals surface area (Å²) in [5.74, 6) is -2.39. The molecule has 164 valence electrons. The number of aryl methyl sites for hydroxylation is 2. The van der Waals surface area contributed by atoms with Gasteiger partial charge in [-0.25, -0.2) is 0 Å². The highest BCUT2D eigenvalue weighted by Gasteiger charge is 2.62. The molecule has 0 amide bonds. The van der Waals surface area contributed by atoms with Gasteiger partial charge in [-0.3, -0.25) is 4.74 Å². The average molecular weight is 423 g/mol. The van der Waals surface area contributed by atoms with Crippen molar-refractivity contribution in [2.45, 2.75) is 51.5 Å². The van der Waals surface area contributed by atoms with Gasteiger partial charge in [0.25, 0.3) is 11.6 Å². The molecule has 0 aromatic heterocycles. The lowest BCUT2D eigenvalue weighted by atomic mass is 9.97. The van der Waals surface area contributed by atoms with E-state index in [2.05, 4.69) is 13.8 Å². The number of benzene rings is 2. The molecule has 0 aliphatic carbocycles. The standard InChI is InChI=1S/C26H30O5/c1-5-15-29-25(23-17-27-23,21-11-7-19(3)8-12-21)31-26(24-18-28-24,30-16-6-2)22-13-9-20(4)10-14-22/h5-16,23-24H,17-18H2,1-4H3. The Balaban J connectivity index is 1.85. The van der Waals surface area contributed by atoms with Crippen LogP contribution in [-0.2, 0) is 35.3 Å². The Kier molecular flexibility index (Phi) is 6.19. The van der Waals surface area contributed by atoms with Crippen molar-refractivity contribution in [2.24, 2.45) is 0 Å². The molecule has 5 heteroatoms. The molecule has 2 aliphatic rings. The first-order chi connectivity index (χ1) is 15.0. The molecule has 0 bridgehead atoms. The second kappa shape index (κ2) is 8.87. The van der Waals surface area contributed by atoms with Crippen molar-refractivity contribution in [1.82, 2.24) is 0 Å². The van der Waals surface area contributed by atoms with Gasteiger partial charge in [-0.1, -0.05) is 71.8 Å². The maximum atomic E-state index is 6.93. The number of rotatable bonds is 10. The fraction of sp³-hybridized carbons (Fsp3) is 0.385. The molecule has 4 unspecified atom stereocenters. The Morgan fingerprint density at radius 2 is 1.06 bits per heavy atom. The zero-order valence-electron chi connectivity index (χ0n) is 18.5. The van der Waals surface area contributed by atoms with Gasteiger partial charge in [-0.05, 0) is 27.7 Å². The van der Waals surface area contributed by atoms with Crippen LogP contribution in [0.15, 0.2) is 73.2 Å². The second-order valence-corrected chi connectivity index (χ2v) is 7.99. The van der Waals surface area contributed by atoms with Gasteiger partial charge in [0.2, 0.25) is 0 Å². The number of allylic oxidation sites excluding steroid dienone is 2. The van der Waals surface area contributed by atoms with Gasteiger partial charge in [-0.2, -0.15) is 0 Å². The maximum Gasteiger partial charge on any atom is 0.268 e. The predicted octanol–water partition coefficient (Wildman–Crippen LogP) is 5.22. The molecule has 0 radical (unpaired) electrons. The molecule has 2 fully saturated rings. The average Bonchev–Trinajstić information content (AvgIpc) is 3.67. The highest BCUT2D eigenvalue weighted by Crippen LogP contribution is 2.49. The smallest absolute Gasteiger partial charge is 0.268 e. The van der Waals surface area contributed by atoms with E-state index in [-0.39, 0.29) is 12.2 Å². The Morgan fingerprint density at radius 1 is 0.710 bits per heavy atom. The molecule has 2 saturated heterocycles. The molecule has 4 atom stereocenters. The minimum Gasteiger partial charge on any atom is -0.463 e. The summed E-state index contributed by atoms with van der Waals surface area (Å²) in [6.45, 7) is 8.98. The summed E-state index contributed by atoms with van der Waals surface area (Å²) in [7, 11) is 0. The van der Waals surface area contributed by atoms with Crippen LogP contribution in [0.1, 0.15) is 36.1 Å². The lowest BCUT2D eigenvalue weighted by Gasteiger charge is -2.41. The van der Waals surface area contributed by atoms with E-state index in [1.807, 2.05) is 74.5 Å². The third-order valence-corrected chi connectivity index (χ3v) is 5.48. The van der Waals surface area contributed by atoms with Crippen LogP contribution in [0.5, 0.6) is 0 Å². The summed E-state index contributed by atoms with van der Waals surface area (Å²) in [6.07, 6.45) is 6.41. The molecule has 2 aromatic carbocycles. The van der Waals surface area contributed by atoms with Gasteiger partial charge in [-0.15, -0.1) is 0 Å². The van der Waals surface area contributed by atoms with E-state index in [9.17, 15) is 0 Å². The Hall–Kier alpha value is -2.60. The Morgan fingerprint density at radius 3 is 1.35 bits per heavy atom. The van der Waals surface area contributed by atoms with E-state index in [0.717, 1.165) is 22.3 Å². The normalized spacial score (nSPS) is 24.0. The lowest BCUT2D eigenvalue weighted by Crippen LogP contribution is -2.49. The summed E-state index contributed by atoms with van der Waals surface area (Å²) in [5, 5.41) is 0. The quantitative estimate of drug-likeness (QED) is 0.298. The molecule has 0 spiro atoms. The van der Waals surface area contributed by atoms with Gasteiger partial charge in [0.1, 0.15) is 0 Å². The topological polar surface area (TPSA) is 52.8 Å². The van der Waals surface area contributed by atoms with Crippen LogP contribution in [0.2, 0.25) is 0 Å². The van der Waals surface area contributed by atoms with Crippen LogP contribution in [0.4, 0.5) is 0 Å². The minimum atomic E-state index is -1.20. The minimum absolute atomic E-state index is 0.274. The first-order valence-electron chi connectivity index (χ1n) is 10.7. The summed E-state index contributed by atoms with van der Waals surface area (Å²) in [6, 6.07) is 16.2. The molecule has 2 heterocycles. The monoisotopic (exact) mass is 422 g/mol. The van der Waals surface area contributed by atoms with Crippen molar-refractivity contribution in [3.8, 4) is 0 Å². The van der Waals surface area contributed by atoms with E-state index in [4.69, 9.17) is 23.7 Å². The number of ether oxygens (including phenoxy) is 5. The van der Waals surface area contributed by atoms with E-state index >= 15 is 0 Å². The molecule has 2 aromatic rings. The number of hydrogen-bond acceptors (Lipinski definition) is 5. The third-order valence-electron chi connectivity index (χ3n) is 5.48. The van der Waals surface area contributed by atoms with Crippen molar-refractivity contribution in [3.05, 3.63) is 95.5 Å². The zero-order valence-corrected chi connectivity index (χ0v) is 18.5. The summed E-state index contributed by atoms with van der Waals surface area (Å²) < 4.78 is 31.1. The van der Waals surface area contributed by atoms with Crippen LogP contribution in [0.25, 0.3) is 0 Å². The van der Waals surface area contributed by atoms with E-state index in [1.165, 1.54) is 0 Å². The lowest BCUT2D eigenvalue weighted by molar-refractivity contribution is -0.361. The zero-order chi connectivity index (χ0) is 21.9. The maximum absolute atomic E-state index is 6.93. The SMILES string of the molecule is CC=COC(OC(OC=CC)(c1ccc(C)cc1)C1CO1)(c1ccc(C)cc1)C1CO1. The first kappa shape index (κ1) is 21.6. The van der Waals surface area contributed by atoms with Crippen molar-refractivity contribution >= 4 is 0 Å². The number of epoxide rings is 2. The van der Waals surface area contributed by atoms with Gasteiger partial charge < -0.3 is 18.9 Å². The van der Waals surface area contributed by atoms with Crippen molar-refractivity contribution in [2.75, 3.05) is 13.2 Å². The number of hydrogen-bond donors (Lipinski definition) is 0. The molecule has 0 saturated carbocycles. The molecule has 4 rings (SSSR count). The van der Waals surface area contributed by atoms with E-state index in [0.29, 0.717) is 13.2 Å². The molecular formula is C26H30O5. The van der Waals surface area contributed by atoms with Gasteiger partial charge >= 0.3 is 0 Å². The van der Waals surface area contributed by atoms with Crippen LogP contribution < -0.4 is 0 Å². The van der Waals surface area contributed by atoms with E-state index in [1.54, 1.807) is 12.5 Å². The van der Waals surface area contributed by atoms with Gasteiger partial charge in [0.05, 0.1) is 25.7 Å². The third kappa shape index (κ3) is 4.40. The van der Waals surface area contributed by atoms with E-state index < -0.39 is 11.6 Å². The molecule has 5 nitrogen and oxygen atoms in total. The summed E-state index contributed by atoms with van der Waals surface area (Å²) >= 11 is 0. The molecule has 2 aliphatic heterocycles. The summed E-state index contributed by atoms with van der Waals surface area (Å²) in [4.78, 5) is 0. The highest BCUT2D eigenvalue weighted by molar-refractivity contribution is 5.31. The highest BCUT2D eigenvalue weighted by atomic mass is 16.8. The molecule has 0 N–H and O–H groups in total. The fourth-order valence-electron chi connectivity index (χ4n) is 3.63. The van der Waals surface area contributed by atoms with Crippen LogP contribution in [0, 0.1) is 13.8 Å². The van der Waals surface area contributed by atoms with Crippen molar-refractivity contribution < 1.29 is 23.7 Å². The largest absolute Gasteiger partial charge is 0.463 e. The second-order valence-electron chi connectivity index (χ2n) is 7.99. The van der Waals surface area contributed by atoms with Crippen molar-refractivity contribution in [3.63, 3.8) is 0 Å². The Bertz CT molecular complexity index is 848. The van der Waals surface area contributed by atoms with Gasteiger partial charge in [0, 0.05) is 11.1 Å². The first-order valence-corrected chi connectivity index (χ1v) is 10.7. The van der Waals surface area contributed by atoms with Gasteiger partial charge in [0.15, 0.2) is 12.2 Å². The van der Waals surface area contributed by atoms with Crippen LogP contribution >= 0.6 is 0 Å².